The van der Waals surface area contributed by atoms with Crippen LogP contribution in [-0.4, -0.2) is 18.7 Å². The Labute approximate surface area is 71.2 Å². The highest BCUT2D eigenvalue weighted by Gasteiger charge is 2.02. The molecule has 0 radical (unpaired) electrons. The lowest BCUT2D eigenvalue weighted by molar-refractivity contribution is 0.469. The highest BCUT2D eigenvalue weighted by atomic mass is 19.1. The third-order valence-corrected chi connectivity index (χ3v) is 1.78. The molecular weight excluding hydrogens is 157 g/mol. The molecule has 0 aliphatic carbocycles. The van der Waals surface area contributed by atoms with E-state index in [0.29, 0.717) is 5.69 Å². The molecular formula is C9H12FNO. The molecule has 0 unspecified atom stereocenters. The Morgan fingerprint density at radius 1 is 1.42 bits per heavy atom. The minimum absolute atomic E-state index is 0.0368. The van der Waals surface area contributed by atoms with E-state index in [1.807, 2.05) is 18.9 Å². The van der Waals surface area contributed by atoms with Crippen molar-refractivity contribution in [2.24, 2.45) is 0 Å². The molecule has 3 heteroatoms. The summed E-state index contributed by atoms with van der Waals surface area (Å²) in [5.41, 5.74) is 0.690. The maximum absolute atomic E-state index is 12.7. The summed E-state index contributed by atoms with van der Waals surface area (Å²) in [6, 6.07) is 4.02. The summed E-state index contributed by atoms with van der Waals surface area (Å²) in [5.74, 6) is -0.449. The van der Waals surface area contributed by atoms with Crippen LogP contribution in [0.5, 0.6) is 5.75 Å². The van der Waals surface area contributed by atoms with Gasteiger partial charge in [-0.05, 0) is 13.0 Å². The zero-order chi connectivity index (χ0) is 9.14. The van der Waals surface area contributed by atoms with Gasteiger partial charge in [-0.1, -0.05) is 0 Å². The van der Waals surface area contributed by atoms with Gasteiger partial charge < -0.3 is 10.0 Å². The third kappa shape index (κ3) is 1.87. The smallest absolute Gasteiger partial charge is 0.128 e. The number of anilines is 1. The summed E-state index contributed by atoms with van der Waals surface area (Å²) in [5, 5.41) is 9.07. The van der Waals surface area contributed by atoms with Crippen molar-refractivity contribution in [1.29, 1.82) is 0 Å². The first kappa shape index (κ1) is 8.84. The first-order chi connectivity index (χ1) is 5.63. The lowest BCUT2D eigenvalue weighted by Crippen LogP contribution is -2.15. The second-order valence-electron chi connectivity index (χ2n) is 2.68. The number of benzene rings is 1. The molecule has 66 valence electrons. The van der Waals surface area contributed by atoms with Gasteiger partial charge in [0, 0.05) is 31.4 Å². The number of phenols is 1. The molecule has 1 aromatic rings. The summed E-state index contributed by atoms with van der Waals surface area (Å²) in [6.45, 7) is 2.74. The zero-order valence-corrected chi connectivity index (χ0v) is 7.21. The molecule has 0 spiro atoms. The Morgan fingerprint density at radius 2 is 2.08 bits per heavy atom. The molecule has 0 aliphatic rings. The topological polar surface area (TPSA) is 23.5 Å². The van der Waals surface area contributed by atoms with Crippen LogP contribution in [0.3, 0.4) is 0 Å². The quantitative estimate of drug-likeness (QED) is 0.731. The van der Waals surface area contributed by atoms with Crippen LogP contribution < -0.4 is 4.90 Å². The molecule has 0 aliphatic heterocycles. The zero-order valence-electron chi connectivity index (χ0n) is 7.21. The highest BCUT2D eigenvalue weighted by Crippen LogP contribution is 2.20. The van der Waals surface area contributed by atoms with Crippen LogP contribution in [-0.2, 0) is 0 Å². The van der Waals surface area contributed by atoms with Crippen molar-refractivity contribution in [2.75, 3.05) is 18.5 Å². The summed E-state index contributed by atoms with van der Waals surface area (Å²) >= 11 is 0. The van der Waals surface area contributed by atoms with Gasteiger partial charge in [-0.25, -0.2) is 4.39 Å². The summed E-state index contributed by atoms with van der Waals surface area (Å²) < 4.78 is 12.7. The predicted octanol–water partition coefficient (Wildman–Crippen LogP) is 1.99. The number of nitrogens with zero attached hydrogens (tertiary/aromatic N) is 1. The third-order valence-electron chi connectivity index (χ3n) is 1.78. The average molecular weight is 169 g/mol. The lowest BCUT2D eigenvalue weighted by Gasteiger charge is -2.16. The minimum atomic E-state index is -0.412. The van der Waals surface area contributed by atoms with Gasteiger partial charge in [-0.3, -0.25) is 0 Å². The van der Waals surface area contributed by atoms with Crippen LogP contribution in [0.1, 0.15) is 6.92 Å². The molecule has 0 aromatic heterocycles. The Kier molecular flexibility index (Phi) is 2.53. The van der Waals surface area contributed by atoms with Crippen molar-refractivity contribution in [3.05, 3.63) is 24.0 Å². The predicted molar refractivity (Wildman–Crippen MR) is 47.0 cm³/mol. The molecule has 2 nitrogen and oxygen atoms in total. The van der Waals surface area contributed by atoms with E-state index in [0.717, 1.165) is 12.6 Å². The van der Waals surface area contributed by atoms with Gasteiger partial charge in [0.25, 0.3) is 0 Å². The Bertz CT molecular complexity index is 255. The number of aromatic hydroxyl groups is 1. The molecule has 0 amide bonds. The van der Waals surface area contributed by atoms with Crippen LogP contribution in [0.25, 0.3) is 0 Å². The number of halogens is 1. The van der Waals surface area contributed by atoms with E-state index in [4.69, 9.17) is 5.11 Å². The maximum atomic E-state index is 12.7. The van der Waals surface area contributed by atoms with Crippen molar-refractivity contribution < 1.29 is 9.50 Å². The number of rotatable bonds is 2. The van der Waals surface area contributed by atoms with E-state index >= 15 is 0 Å². The molecule has 0 heterocycles. The number of phenolic OH excluding ortho intramolecular Hbond substituents is 1. The fourth-order valence-electron chi connectivity index (χ4n) is 0.962. The molecule has 12 heavy (non-hydrogen) atoms. The van der Waals surface area contributed by atoms with Gasteiger partial charge in [-0.15, -0.1) is 0 Å². The van der Waals surface area contributed by atoms with Crippen molar-refractivity contribution >= 4 is 5.69 Å². The molecule has 0 atom stereocenters. The molecule has 0 saturated carbocycles. The monoisotopic (exact) mass is 169 g/mol. The summed E-state index contributed by atoms with van der Waals surface area (Å²) in [6.07, 6.45) is 0. The van der Waals surface area contributed by atoms with Gasteiger partial charge in [0.15, 0.2) is 0 Å². The van der Waals surface area contributed by atoms with Gasteiger partial charge in [0.05, 0.1) is 0 Å². The number of hydrogen-bond acceptors (Lipinski definition) is 2. The van der Waals surface area contributed by atoms with E-state index in [1.54, 1.807) is 0 Å². The Morgan fingerprint density at radius 3 is 2.58 bits per heavy atom. The van der Waals surface area contributed by atoms with E-state index in [9.17, 15) is 4.39 Å². The first-order valence-corrected chi connectivity index (χ1v) is 3.84. The Balaban J connectivity index is 3.00. The van der Waals surface area contributed by atoms with Gasteiger partial charge >= 0.3 is 0 Å². The van der Waals surface area contributed by atoms with Crippen molar-refractivity contribution in [3.63, 3.8) is 0 Å². The van der Waals surface area contributed by atoms with Crippen LogP contribution in [0.15, 0.2) is 18.2 Å². The molecule has 1 aromatic carbocycles. The molecule has 0 bridgehead atoms. The molecule has 0 fully saturated rings. The SMILES string of the molecule is CCN(C)c1cc(O)cc(F)c1. The standard InChI is InChI=1S/C9H12FNO/c1-3-11(2)8-4-7(10)5-9(12)6-8/h4-6,12H,3H2,1-2H3. The summed E-state index contributed by atoms with van der Waals surface area (Å²) in [7, 11) is 1.84. The van der Waals surface area contributed by atoms with Crippen molar-refractivity contribution in [2.45, 2.75) is 6.92 Å². The molecule has 0 saturated heterocycles. The van der Waals surface area contributed by atoms with Crippen molar-refractivity contribution in [3.8, 4) is 5.75 Å². The average Bonchev–Trinajstić information content (AvgIpc) is 2.01. The molecule has 1 rings (SSSR count). The first-order valence-electron chi connectivity index (χ1n) is 3.84. The van der Waals surface area contributed by atoms with E-state index in [-0.39, 0.29) is 5.75 Å². The fraction of sp³-hybridized carbons (Fsp3) is 0.333. The van der Waals surface area contributed by atoms with Gasteiger partial charge in [-0.2, -0.15) is 0 Å². The number of hydrogen-bond donors (Lipinski definition) is 1. The van der Waals surface area contributed by atoms with Crippen LogP contribution >= 0.6 is 0 Å². The normalized spacial score (nSPS) is 9.92. The van der Waals surface area contributed by atoms with Crippen LogP contribution in [0.4, 0.5) is 10.1 Å². The van der Waals surface area contributed by atoms with Gasteiger partial charge in [0.2, 0.25) is 0 Å². The van der Waals surface area contributed by atoms with E-state index < -0.39 is 5.82 Å². The fourth-order valence-corrected chi connectivity index (χ4v) is 0.962. The van der Waals surface area contributed by atoms with Crippen molar-refractivity contribution in [1.82, 2.24) is 0 Å². The largest absolute Gasteiger partial charge is 0.508 e. The van der Waals surface area contributed by atoms with Crippen LogP contribution in [0, 0.1) is 5.82 Å². The van der Waals surface area contributed by atoms with E-state index in [1.165, 1.54) is 12.1 Å². The minimum Gasteiger partial charge on any atom is -0.508 e. The van der Waals surface area contributed by atoms with E-state index in [2.05, 4.69) is 0 Å². The van der Waals surface area contributed by atoms with Crippen LogP contribution in [0.2, 0.25) is 0 Å². The maximum Gasteiger partial charge on any atom is 0.128 e. The van der Waals surface area contributed by atoms with Gasteiger partial charge in [0.1, 0.15) is 11.6 Å². The lowest BCUT2D eigenvalue weighted by atomic mass is 10.2. The second kappa shape index (κ2) is 3.43. The molecule has 1 N–H and O–H groups in total. The highest BCUT2D eigenvalue weighted by molar-refractivity contribution is 5.49. The second-order valence-corrected chi connectivity index (χ2v) is 2.68. The summed E-state index contributed by atoms with van der Waals surface area (Å²) in [4.78, 5) is 1.85. The Hall–Kier alpha value is -1.25.